The highest BCUT2D eigenvalue weighted by Gasteiger charge is 2.24. The molecule has 178 valence electrons. The number of aryl methyl sites for hydroxylation is 1. The Hall–Kier alpha value is -1.20. The number of likely N-dealkylation sites (tertiary alicyclic amines) is 1. The van der Waals surface area contributed by atoms with Crippen LogP contribution in [0.4, 0.5) is 0 Å². The molecule has 7 nitrogen and oxygen atoms in total. The third-order valence-electron chi connectivity index (χ3n) is 6.57. The lowest BCUT2D eigenvalue weighted by Gasteiger charge is -2.34. The van der Waals surface area contributed by atoms with E-state index in [4.69, 9.17) is 9.73 Å². The Morgan fingerprint density at radius 2 is 2.00 bits per heavy atom. The molecule has 2 aromatic rings. The molecule has 32 heavy (non-hydrogen) atoms. The van der Waals surface area contributed by atoms with Crippen LogP contribution in [0.3, 0.4) is 0 Å². The van der Waals surface area contributed by atoms with Gasteiger partial charge in [-0.2, -0.15) is 0 Å². The maximum atomic E-state index is 6.27. The molecule has 1 N–H and O–H groups in total. The van der Waals surface area contributed by atoms with E-state index in [1.165, 1.54) is 30.6 Å². The van der Waals surface area contributed by atoms with E-state index in [1.807, 2.05) is 29.9 Å². The van der Waals surface area contributed by atoms with Crippen molar-refractivity contribution in [3.05, 3.63) is 34.0 Å². The van der Waals surface area contributed by atoms with Crippen molar-refractivity contribution in [3.8, 4) is 0 Å². The maximum Gasteiger partial charge on any atom is 0.194 e. The van der Waals surface area contributed by atoms with Crippen molar-refractivity contribution >= 4 is 41.3 Å². The zero-order valence-electron chi connectivity index (χ0n) is 19.3. The van der Waals surface area contributed by atoms with Gasteiger partial charge in [-0.25, -0.2) is 4.99 Å². The summed E-state index contributed by atoms with van der Waals surface area (Å²) in [6, 6.07) is 4.31. The van der Waals surface area contributed by atoms with Crippen molar-refractivity contribution in [1.82, 2.24) is 25.0 Å². The molecule has 2 aliphatic rings. The third kappa shape index (κ3) is 7.15. The number of aromatic nitrogens is 3. The van der Waals surface area contributed by atoms with Gasteiger partial charge in [0.15, 0.2) is 11.8 Å². The number of hydrogen-bond donors (Lipinski definition) is 1. The van der Waals surface area contributed by atoms with Crippen LogP contribution in [0.1, 0.15) is 55.1 Å². The van der Waals surface area contributed by atoms with E-state index in [0.29, 0.717) is 12.6 Å². The molecule has 1 saturated heterocycles. The second-order valence-electron chi connectivity index (χ2n) is 8.79. The topological polar surface area (TPSA) is 67.6 Å². The molecule has 1 aliphatic carbocycles. The van der Waals surface area contributed by atoms with Crippen LogP contribution in [-0.2, 0) is 24.8 Å². The highest BCUT2D eigenvalue weighted by molar-refractivity contribution is 14.0. The molecule has 9 heteroatoms. The Morgan fingerprint density at radius 3 is 2.66 bits per heavy atom. The molecule has 1 aliphatic heterocycles. The lowest BCUT2D eigenvalue weighted by molar-refractivity contribution is 0.001000. The molecule has 2 fully saturated rings. The normalized spacial score (nSPS) is 18.2. The van der Waals surface area contributed by atoms with Gasteiger partial charge in [0, 0.05) is 38.2 Å². The molecule has 3 heterocycles. The Kier molecular flexibility index (Phi) is 10.2. The second kappa shape index (κ2) is 12.9. The molecule has 4 rings (SSSR count). The number of halogens is 1. The van der Waals surface area contributed by atoms with E-state index in [9.17, 15) is 0 Å². The number of guanidine groups is 1. The molecule has 0 unspecified atom stereocenters. The summed E-state index contributed by atoms with van der Waals surface area (Å²) in [6.45, 7) is 6.31. The number of thiophene rings is 1. The van der Waals surface area contributed by atoms with Crippen molar-refractivity contribution in [2.75, 3.05) is 26.2 Å². The van der Waals surface area contributed by atoms with E-state index < -0.39 is 0 Å². The summed E-state index contributed by atoms with van der Waals surface area (Å²) in [5, 5.41) is 14.2. The fraction of sp³-hybridized carbons (Fsp3) is 0.696. The monoisotopic (exact) mass is 572 g/mol. The lowest BCUT2D eigenvalue weighted by Crippen LogP contribution is -2.47. The van der Waals surface area contributed by atoms with E-state index in [2.05, 4.69) is 37.9 Å². The summed E-state index contributed by atoms with van der Waals surface area (Å²) in [4.78, 5) is 8.70. The van der Waals surface area contributed by atoms with Crippen molar-refractivity contribution in [2.45, 2.75) is 64.5 Å². The number of aliphatic imine (C=N–C) groups is 1. The first kappa shape index (κ1) is 25.4. The van der Waals surface area contributed by atoms with Crippen molar-refractivity contribution in [1.29, 1.82) is 0 Å². The van der Waals surface area contributed by atoms with Gasteiger partial charge < -0.3 is 19.5 Å². The van der Waals surface area contributed by atoms with Gasteiger partial charge in [-0.1, -0.05) is 18.9 Å². The van der Waals surface area contributed by atoms with Crippen molar-refractivity contribution in [2.24, 2.45) is 18.0 Å². The van der Waals surface area contributed by atoms with E-state index in [-0.39, 0.29) is 24.0 Å². The minimum atomic E-state index is 0. The fourth-order valence-electron chi connectivity index (χ4n) is 4.44. The number of rotatable bonds is 8. The van der Waals surface area contributed by atoms with Crippen LogP contribution in [0.5, 0.6) is 0 Å². The minimum absolute atomic E-state index is 0. The van der Waals surface area contributed by atoms with Gasteiger partial charge >= 0.3 is 0 Å². The molecule has 0 aromatic carbocycles. The van der Waals surface area contributed by atoms with E-state index in [0.717, 1.165) is 69.0 Å². The Bertz CT molecular complexity index is 826. The standard InChI is InChI=1S/C23H36N6OS.HI/c1-18-26-27-22(28(18)2)16-25-23(24-12-9-21-8-5-15-31-21)29-13-10-20(11-14-29)30-17-19-6-3-4-7-19;/h5,8,15,19-20H,3-4,6-7,9-14,16-17H2,1-2H3,(H,24,25);1H. The number of nitrogens with zero attached hydrogens (tertiary/aromatic N) is 5. The average molecular weight is 573 g/mol. The van der Waals surface area contributed by atoms with Gasteiger partial charge in [0.2, 0.25) is 0 Å². The first-order valence-corrected chi connectivity index (χ1v) is 12.6. The summed E-state index contributed by atoms with van der Waals surface area (Å²) in [5.74, 6) is 3.58. The molecule has 2 aromatic heterocycles. The van der Waals surface area contributed by atoms with Crippen LogP contribution in [0.2, 0.25) is 0 Å². The summed E-state index contributed by atoms with van der Waals surface area (Å²) in [5.41, 5.74) is 0. The van der Waals surface area contributed by atoms with Gasteiger partial charge in [0.05, 0.1) is 6.10 Å². The second-order valence-corrected chi connectivity index (χ2v) is 9.82. The highest BCUT2D eigenvalue weighted by atomic mass is 127. The summed E-state index contributed by atoms with van der Waals surface area (Å²) < 4.78 is 8.28. The first-order chi connectivity index (χ1) is 15.2. The minimum Gasteiger partial charge on any atom is -0.378 e. The van der Waals surface area contributed by atoms with Gasteiger partial charge in [-0.15, -0.1) is 45.5 Å². The Morgan fingerprint density at radius 1 is 1.22 bits per heavy atom. The first-order valence-electron chi connectivity index (χ1n) is 11.7. The number of nitrogens with one attached hydrogen (secondary N) is 1. The van der Waals surface area contributed by atoms with E-state index in [1.54, 1.807) is 0 Å². The van der Waals surface area contributed by atoms with Crippen LogP contribution >= 0.6 is 35.3 Å². The number of hydrogen-bond acceptors (Lipinski definition) is 5. The number of piperidine rings is 1. The zero-order valence-corrected chi connectivity index (χ0v) is 22.5. The largest absolute Gasteiger partial charge is 0.378 e. The molecule has 0 bridgehead atoms. The van der Waals surface area contributed by atoms with Crippen LogP contribution in [0.25, 0.3) is 0 Å². The smallest absolute Gasteiger partial charge is 0.194 e. The number of ether oxygens (including phenoxy) is 1. The molecule has 0 radical (unpaired) electrons. The lowest BCUT2D eigenvalue weighted by atomic mass is 10.1. The van der Waals surface area contributed by atoms with Crippen molar-refractivity contribution < 1.29 is 4.74 Å². The highest BCUT2D eigenvalue weighted by Crippen LogP contribution is 2.26. The van der Waals surface area contributed by atoms with Crippen LogP contribution in [-0.4, -0.2) is 58.0 Å². The van der Waals surface area contributed by atoms with Crippen LogP contribution in [0, 0.1) is 12.8 Å². The molecule has 0 amide bonds. The molecular weight excluding hydrogens is 535 g/mol. The Balaban J connectivity index is 0.00000289. The summed E-state index contributed by atoms with van der Waals surface area (Å²) in [6.07, 6.45) is 9.02. The van der Waals surface area contributed by atoms with Gasteiger partial charge in [0.25, 0.3) is 0 Å². The molecule has 1 saturated carbocycles. The summed E-state index contributed by atoms with van der Waals surface area (Å²) in [7, 11) is 2.00. The van der Waals surface area contributed by atoms with Gasteiger partial charge in [-0.05, 0) is 56.4 Å². The molecule has 0 atom stereocenters. The average Bonchev–Trinajstić information content (AvgIpc) is 3.55. The van der Waals surface area contributed by atoms with Crippen LogP contribution < -0.4 is 5.32 Å². The van der Waals surface area contributed by atoms with Gasteiger partial charge in [0.1, 0.15) is 12.4 Å². The quantitative estimate of drug-likeness (QED) is 0.293. The fourth-order valence-corrected chi connectivity index (χ4v) is 5.15. The molecule has 0 spiro atoms. The predicted octanol–water partition coefficient (Wildman–Crippen LogP) is 4.16. The maximum absolute atomic E-state index is 6.27. The zero-order chi connectivity index (χ0) is 21.5. The van der Waals surface area contributed by atoms with Gasteiger partial charge in [-0.3, -0.25) is 0 Å². The van der Waals surface area contributed by atoms with E-state index >= 15 is 0 Å². The molecular formula is C23H37IN6OS. The van der Waals surface area contributed by atoms with Crippen molar-refractivity contribution in [3.63, 3.8) is 0 Å². The third-order valence-corrected chi connectivity index (χ3v) is 7.51. The Labute approximate surface area is 213 Å². The SMILES string of the molecule is Cc1nnc(CN=C(NCCc2cccs2)N2CCC(OCC3CCCC3)CC2)n1C.I. The summed E-state index contributed by atoms with van der Waals surface area (Å²) >= 11 is 1.81. The predicted molar refractivity (Wildman–Crippen MR) is 141 cm³/mol. The van der Waals surface area contributed by atoms with Crippen LogP contribution in [0.15, 0.2) is 22.5 Å².